The molecular weight excluding hydrogens is 320 g/mol. The van der Waals surface area contributed by atoms with Gasteiger partial charge in [-0.25, -0.2) is 0 Å². The monoisotopic (exact) mass is 336 g/mol. The second-order valence-electron chi connectivity index (χ2n) is 5.66. The molecule has 1 amide bonds. The molecule has 4 rings (SSSR count). The van der Waals surface area contributed by atoms with Gasteiger partial charge in [-0.3, -0.25) is 4.79 Å². The maximum Gasteiger partial charge on any atom is 0.277 e. The smallest absolute Gasteiger partial charge is 0.277 e. The van der Waals surface area contributed by atoms with Crippen LogP contribution in [-0.2, 0) is 9.53 Å². The van der Waals surface area contributed by atoms with E-state index in [1.807, 2.05) is 54.6 Å². The SMILES string of the molecule is COc1ccc(C2OC(c3cc4ccccc4o3)=NN2C(C)=O)cc1. The van der Waals surface area contributed by atoms with Gasteiger partial charge in [0, 0.05) is 17.9 Å². The van der Waals surface area contributed by atoms with E-state index in [0.29, 0.717) is 5.76 Å². The molecule has 0 spiro atoms. The molecule has 0 saturated heterocycles. The van der Waals surface area contributed by atoms with E-state index in [4.69, 9.17) is 13.9 Å². The van der Waals surface area contributed by atoms with Crippen LogP contribution < -0.4 is 4.74 Å². The number of fused-ring (bicyclic) bond motifs is 1. The summed E-state index contributed by atoms with van der Waals surface area (Å²) in [6.07, 6.45) is -0.633. The third-order valence-electron chi connectivity index (χ3n) is 4.00. The van der Waals surface area contributed by atoms with Gasteiger partial charge in [-0.05, 0) is 36.4 Å². The van der Waals surface area contributed by atoms with Crippen molar-refractivity contribution in [2.24, 2.45) is 5.10 Å². The molecule has 6 nitrogen and oxygen atoms in total. The number of ether oxygens (including phenoxy) is 2. The van der Waals surface area contributed by atoms with Crippen LogP contribution in [0.25, 0.3) is 11.0 Å². The van der Waals surface area contributed by atoms with Crippen molar-refractivity contribution in [3.8, 4) is 5.75 Å². The number of nitrogens with zero attached hydrogens (tertiary/aromatic N) is 2. The van der Waals surface area contributed by atoms with Crippen molar-refractivity contribution in [2.45, 2.75) is 13.2 Å². The van der Waals surface area contributed by atoms with Gasteiger partial charge in [-0.2, -0.15) is 5.01 Å². The molecular formula is C19H16N2O4. The predicted molar refractivity (Wildman–Crippen MR) is 92.1 cm³/mol. The van der Waals surface area contributed by atoms with Gasteiger partial charge in [-0.1, -0.05) is 18.2 Å². The molecule has 1 aliphatic heterocycles. The molecule has 0 fully saturated rings. The average Bonchev–Trinajstić information content (AvgIpc) is 3.26. The highest BCUT2D eigenvalue weighted by atomic mass is 16.5. The molecule has 3 aromatic rings. The fraction of sp³-hybridized carbons (Fsp3) is 0.158. The Balaban J connectivity index is 1.68. The number of rotatable bonds is 3. The highest BCUT2D eigenvalue weighted by molar-refractivity contribution is 5.97. The number of carbonyl (C=O) groups excluding carboxylic acids is 1. The van der Waals surface area contributed by atoms with Crippen LogP contribution in [0.5, 0.6) is 5.75 Å². The molecule has 1 aliphatic rings. The first-order chi connectivity index (χ1) is 12.2. The largest absolute Gasteiger partial charge is 0.497 e. The second kappa shape index (κ2) is 5.98. The Morgan fingerprint density at radius 1 is 1.16 bits per heavy atom. The van der Waals surface area contributed by atoms with E-state index < -0.39 is 6.23 Å². The Bertz CT molecular complexity index is 926. The summed E-state index contributed by atoms with van der Waals surface area (Å²) in [7, 11) is 1.60. The van der Waals surface area contributed by atoms with Crippen LogP contribution in [-0.4, -0.2) is 23.9 Å². The van der Waals surface area contributed by atoms with E-state index in [2.05, 4.69) is 5.10 Å². The summed E-state index contributed by atoms with van der Waals surface area (Å²) in [4.78, 5) is 12.0. The van der Waals surface area contributed by atoms with Gasteiger partial charge in [0.1, 0.15) is 11.3 Å². The topological polar surface area (TPSA) is 64.3 Å². The van der Waals surface area contributed by atoms with Crippen molar-refractivity contribution in [1.82, 2.24) is 5.01 Å². The number of hydrogen-bond acceptors (Lipinski definition) is 5. The van der Waals surface area contributed by atoms with Crippen LogP contribution in [0.3, 0.4) is 0 Å². The van der Waals surface area contributed by atoms with Crippen LogP contribution in [0, 0.1) is 0 Å². The molecule has 0 saturated carbocycles. The quantitative estimate of drug-likeness (QED) is 0.732. The molecule has 0 radical (unpaired) electrons. The minimum atomic E-state index is -0.633. The molecule has 0 N–H and O–H groups in total. The van der Waals surface area contributed by atoms with Crippen LogP contribution in [0.1, 0.15) is 24.5 Å². The van der Waals surface area contributed by atoms with Gasteiger partial charge < -0.3 is 13.9 Å². The van der Waals surface area contributed by atoms with Crippen molar-refractivity contribution in [3.05, 3.63) is 65.9 Å². The van der Waals surface area contributed by atoms with Gasteiger partial charge in [0.05, 0.1) is 7.11 Å². The van der Waals surface area contributed by atoms with E-state index in [1.54, 1.807) is 7.11 Å². The Kier molecular flexibility index (Phi) is 3.65. The van der Waals surface area contributed by atoms with Crippen LogP contribution in [0.4, 0.5) is 0 Å². The maximum atomic E-state index is 12.0. The molecule has 1 aromatic heterocycles. The summed E-state index contributed by atoms with van der Waals surface area (Å²) in [6.45, 7) is 1.45. The van der Waals surface area contributed by atoms with E-state index >= 15 is 0 Å². The normalized spacial score (nSPS) is 16.6. The lowest BCUT2D eigenvalue weighted by molar-refractivity contribution is -0.135. The number of para-hydroxylation sites is 1. The fourth-order valence-corrected chi connectivity index (χ4v) is 2.74. The Labute approximate surface area is 144 Å². The average molecular weight is 336 g/mol. The van der Waals surface area contributed by atoms with Crippen molar-refractivity contribution in [2.75, 3.05) is 7.11 Å². The number of carbonyl (C=O) groups is 1. The molecule has 1 atom stereocenters. The van der Waals surface area contributed by atoms with Crippen molar-refractivity contribution in [3.63, 3.8) is 0 Å². The van der Waals surface area contributed by atoms with E-state index in [1.165, 1.54) is 11.9 Å². The molecule has 126 valence electrons. The van der Waals surface area contributed by atoms with Crippen LogP contribution in [0.2, 0.25) is 0 Å². The van der Waals surface area contributed by atoms with Crippen molar-refractivity contribution < 1.29 is 18.7 Å². The van der Waals surface area contributed by atoms with Gasteiger partial charge in [0.15, 0.2) is 5.76 Å². The minimum Gasteiger partial charge on any atom is -0.497 e. The zero-order valence-electron chi connectivity index (χ0n) is 13.8. The molecule has 2 heterocycles. The molecule has 0 bridgehead atoms. The summed E-state index contributed by atoms with van der Waals surface area (Å²) in [5.74, 6) is 1.29. The predicted octanol–water partition coefficient (Wildman–Crippen LogP) is 3.68. The number of hydrazone groups is 1. The van der Waals surface area contributed by atoms with Gasteiger partial charge in [0.2, 0.25) is 12.1 Å². The summed E-state index contributed by atoms with van der Waals surface area (Å²) < 4.78 is 16.9. The van der Waals surface area contributed by atoms with E-state index in [9.17, 15) is 4.79 Å². The Hall–Kier alpha value is -3.28. The number of amides is 1. The first-order valence-electron chi connectivity index (χ1n) is 7.83. The molecule has 0 aliphatic carbocycles. The lowest BCUT2D eigenvalue weighted by Gasteiger charge is -2.19. The Morgan fingerprint density at radius 3 is 2.60 bits per heavy atom. The summed E-state index contributed by atoms with van der Waals surface area (Å²) in [5, 5.41) is 6.57. The third kappa shape index (κ3) is 2.71. The number of benzene rings is 2. The van der Waals surface area contributed by atoms with Gasteiger partial charge >= 0.3 is 0 Å². The lowest BCUT2D eigenvalue weighted by Crippen LogP contribution is -2.25. The third-order valence-corrected chi connectivity index (χ3v) is 4.00. The number of methoxy groups -OCH3 is 1. The standard InChI is InChI=1S/C19H16N2O4/c1-12(22)21-19(13-7-9-15(23-2)10-8-13)25-18(20-21)17-11-14-5-3-4-6-16(14)24-17/h3-11,19H,1-2H3. The van der Waals surface area contributed by atoms with Crippen LogP contribution in [0.15, 0.2) is 64.1 Å². The van der Waals surface area contributed by atoms with Crippen LogP contribution >= 0.6 is 0 Å². The van der Waals surface area contributed by atoms with Gasteiger partial charge in [-0.15, -0.1) is 5.10 Å². The summed E-state index contributed by atoms with van der Waals surface area (Å²) >= 11 is 0. The second-order valence-corrected chi connectivity index (χ2v) is 5.66. The summed E-state index contributed by atoms with van der Waals surface area (Å²) in [5.41, 5.74) is 1.54. The number of hydrogen-bond donors (Lipinski definition) is 0. The van der Waals surface area contributed by atoms with Crippen molar-refractivity contribution in [1.29, 1.82) is 0 Å². The first-order valence-corrected chi connectivity index (χ1v) is 7.83. The zero-order valence-corrected chi connectivity index (χ0v) is 13.8. The summed E-state index contributed by atoms with van der Waals surface area (Å²) in [6, 6.07) is 16.8. The first kappa shape index (κ1) is 15.3. The van der Waals surface area contributed by atoms with E-state index in [-0.39, 0.29) is 11.8 Å². The van der Waals surface area contributed by atoms with E-state index in [0.717, 1.165) is 22.3 Å². The molecule has 6 heteroatoms. The number of furan rings is 1. The zero-order chi connectivity index (χ0) is 17.4. The van der Waals surface area contributed by atoms with Gasteiger partial charge in [0.25, 0.3) is 5.90 Å². The minimum absolute atomic E-state index is 0.216. The molecule has 25 heavy (non-hydrogen) atoms. The highest BCUT2D eigenvalue weighted by Gasteiger charge is 2.34. The highest BCUT2D eigenvalue weighted by Crippen LogP contribution is 2.32. The fourth-order valence-electron chi connectivity index (χ4n) is 2.74. The Morgan fingerprint density at radius 2 is 1.92 bits per heavy atom. The molecule has 2 aromatic carbocycles. The maximum absolute atomic E-state index is 12.0. The van der Waals surface area contributed by atoms with Crippen molar-refractivity contribution >= 4 is 22.8 Å². The lowest BCUT2D eigenvalue weighted by atomic mass is 10.2. The molecule has 1 unspecified atom stereocenters.